The number of amides is 1. The minimum Gasteiger partial charge on any atom is -0.348 e. The maximum absolute atomic E-state index is 11.5. The van der Waals surface area contributed by atoms with E-state index in [4.69, 9.17) is 23.2 Å². The van der Waals surface area contributed by atoms with Gasteiger partial charge in [-0.3, -0.25) is 4.79 Å². The normalized spacial score (nSPS) is 14.2. The zero-order chi connectivity index (χ0) is 12.1. The lowest BCUT2D eigenvalue weighted by atomic mass is 10.0. The Morgan fingerprint density at radius 2 is 2.19 bits per heavy atom. The van der Waals surface area contributed by atoms with Crippen LogP contribution in [0.5, 0.6) is 0 Å². The summed E-state index contributed by atoms with van der Waals surface area (Å²) < 4.78 is 0. The quantitative estimate of drug-likeness (QED) is 0.824. The molecule has 88 valence electrons. The molecule has 0 aromatic heterocycles. The predicted octanol–water partition coefficient (Wildman–Crippen LogP) is 3.53. The third-order valence-electron chi connectivity index (χ3n) is 2.34. The Bertz CT molecular complexity index is 366. The molecule has 0 aliphatic rings. The Hall–Kier alpha value is -0.730. The summed E-state index contributed by atoms with van der Waals surface area (Å²) in [7, 11) is 0. The lowest BCUT2D eigenvalue weighted by molar-refractivity contribution is -0.121. The summed E-state index contributed by atoms with van der Waals surface area (Å²) in [4.78, 5) is 11.5. The number of carbonyl (C=O) groups excluding carboxylic acids is 1. The molecule has 0 radical (unpaired) electrons. The standard InChI is InChI=1S/C12H15Cl2NO/c1-3-11(15-12(16)8(2)13)9-5-4-6-10(14)7-9/h4-8,11H,3H2,1-2H3,(H,15,16). The predicted molar refractivity (Wildman–Crippen MR) is 67.9 cm³/mol. The molecule has 1 amide bonds. The van der Waals surface area contributed by atoms with Crippen molar-refractivity contribution in [1.82, 2.24) is 5.32 Å². The zero-order valence-corrected chi connectivity index (χ0v) is 10.8. The molecular formula is C12H15Cl2NO. The summed E-state index contributed by atoms with van der Waals surface area (Å²) in [6, 6.07) is 7.45. The fourth-order valence-corrected chi connectivity index (χ4v) is 1.69. The fourth-order valence-electron chi connectivity index (χ4n) is 1.43. The highest BCUT2D eigenvalue weighted by Gasteiger charge is 2.15. The van der Waals surface area contributed by atoms with Gasteiger partial charge >= 0.3 is 0 Å². The second-order valence-electron chi connectivity index (χ2n) is 3.64. The van der Waals surface area contributed by atoms with Crippen LogP contribution in [0, 0.1) is 0 Å². The highest BCUT2D eigenvalue weighted by Crippen LogP contribution is 2.20. The molecule has 2 unspecified atom stereocenters. The Labute approximate surface area is 106 Å². The van der Waals surface area contributed by atoms with Crippen molar-refractivity contribution in [2.24, 2.45) is 0 Å². The van der Waals surface area contributed by atoms with Crippen molar-refractivity contribution in [2.45, 2.75) is 31.7 Å². The molecule has 0 saturated heterocycles. The van der Waals surface area contributed by atoms with E-state index in [1.807, 2.05) is 31.2 Å². The van der Waals surface area contributed by atoms with Gasteiger partial charge in [-0.2, -0.15) is 0 Å². The van der Waals surface area contributed by atoms with Crippen molar-refractivity contribution < 1.29 is 4.79 Å². The van der Waals surface area contributed by atoms with E-state index in [1.165, 1.54) is 0 Å². The molecule has 2 atom stereocenters. The molecule has 1 aromatic rings. The Morgan fingerprint density at radius 3 is 2.69 bits per heavy atom. The number of halogens is 2. The molecule has 4 heteroatoms. The molecular weight excluding hydrogens is 245 g/mol. The molecule has 0 aliphatic carbocycles. The SMILES string of the molecule is CCC(NC(=O)C(C)Cl)c1cccc(Cl)c1. The summed E-state index contributed by atoms with van der Waals surface area (Å²) in [6.45, 7) is 3.66. The van der Waals surface area contributed by atoms with E-state index >= 15 is 0 Å². The molecule has 0 spiro atoms. The minimum atomic E-state index is -0.520. The summed E-state index contributed by atoms with van der Waals surface area (Å²) >= 11 is 11.6. The van der Waals surface area contributed by atoms with Gasteiger partial charge in [-0.25, -0.2) is 0 Å². The van der Waals surface area contributed by atoms with E-state index in [9.17, 15) is 4.79 Å². The topological polar surface area (TPSA) is 29.1 Å². The Morgan fingerprint density at radius 1 is 1.50 bits per heavy atom. The van der Waals surface area contributed by atoms with Gasteiger partial charge in [-0.15, -0.1) is 11.6 Å². The first kappa shape index (κ1) is 13.3. The maximum Gasteiger partial charge on any atom is 0.238 e. The van der Waals surface area contributed by atoms with Crippen LogP contribution in [0.1, 0.15) is 31.9 Å². The van der Waals surface area contributed by atoms with Crippen LogP contribution in [-0.2, 0) is 4.79 Å². The molecule has 1 rings (SSSR count). The van der Waals surface area contributed by atoms with Gasteiger partial charge in [0.2, 0.25) is 5.91 Å². The third kappa shape index (κ3) is 3.69. The molecule has 16 heavy (non-hydrogen) atoms. The number of nitrogens with one attached hydrogen (secondary N) is 1. The summed E-state index contributed by atoms with van der Waals surface area (Å²) in [5.41, 5.74) is 1.00. The number of hydrogen-bond acceptors (Lipinski definition) is 1. The van der Waals surface area contributed by atoms with Crippen LogP contribution in [0.3, 0.4) is 0 Å². The summed E-state index contributed by atoms with van der Waals surface area (Å²) in [5.74, 6) is -0.159. The molecule has 0 bridgehead atoms. The van der Waals surface area contributed by atoms with E-state index in [1.54, 1.807) is 6.92 Å². The van der Waals surface area contributed by atoms with Gasteiger partial charge in [0, 0.05) is 5.02 Å². The number of carbonyl (C=O) groups is 1. The van der Waals surface area contributed by atoms with Crippen LogP contribution >= 0.6 is 23.2 Å². The van der Waals surface area contributed by atoms with E-state index < -0.39 is 5.38 Å². The molecule has 0 aliphatic heterocycles. The van der Waals surface area contributed by atoms with Gasteiger partial charge in [0.15, 0.2) is 0 Å². The number of hydrogen-bond donors (Lipinski definition) is 1. The van der Waals surface area contributed by atoms with Crippen LogP contribution in [0.25, 0.3) is 0 Å². The minimum absolute atomic E-state index is 0.0348. The zero-order valence-electron chi connectivity index (χ0n) is 9.34. The maximum atomic E-state index is 11.5. The van der Waals surface area contributed by atoms with Crippen molar-refractivity contribution >= 4 is 29.1 Å². The number of benzene rings is 1. The fraction of sp³-hybridized carbons (Fsp3) is 0.417. The summed E-state index contributed by atoms with van der Waals surface area (Å²) in [5, 5.41) is 3.03. The van der Waals surface area contributed by atoms with E-state index in [2.05, 4.69) is 5.32 Å². The van der Waals surface area contributed by atoms with Crippen LogP contribution in [0.15, 0.2) is 24.3 Å². The van der Waals surface area contributed by atoms with Gasteiger partial charge in [-0.1, -0.05) is 30.7 Å². The van der Waals surface area contributed by atoms with E-state index in [-0.39, 0.29) is 11.9 Å². The van der Waals surface area contributed by atoms with E-state index in [0.29, 0.717) is 5.02 Å². The Kier molecular flexibility index (Phi) is 5.10. The largest absolute Gasteiger partial charge is 0.348 e. The Balaban J connectivity index is 2.78. The van der Waals surface area contributed by atoms with Gasteiger partial charge < -0.3 is 5.32 Å². The summed E-state index contributed by atoms with van der Waals surface area (Å²) in [6.07, 6.45) is 0.801. The lowest BCUT2D eigenvalue weighted by Crippen LogP contribution is -2.33. The smallest absolute Gasteiger partial charge is 0.238 e. The van der Waals surface area contributed by atoms with Crippen LogP contribution in [0.2, 0.25) is 5.02 Å². The highest BCUT2D eigenvalue weighted by molar-refractivity contribution is 6.31. The average molecular weight is 260 g/mol. The van der Waals surface area contributed by atoms with Gasteiger partial charge in [-0.05, 0) is 31.0 Å². The van der Waals surface area contributed by atoms with Crippen molar-refractivity contribution in [1.29, 1.82) is 0 Å². The first-order chi connectivity index (χ1) is 7.54. The molecule has 0 fully saturated rings. The monoisotopic (exact) mass is 259 g/mol. The molecule has 1 aromatic carbocycles. The first-order valence-electron chi connectivity index (χ1n) is 5.24. The third-order valence-corrected chi connectivity index (χ3v) is 2.77. The van der Waals surface area contributed by atoms with Gasteiger partial charge in [0.05, 0.1) is 6.04 Å². The van der Waals surface area contributed by atoms with E-state index in [0.717, 1.165) is 12.0 Å². The average Bonchev–Trinajstić information content (AvgIpc) is 2.25. The first-order valence-corrected chi connectivity index (χ1v) is 6.06. The van der Waals surface area contributed by atoms with Crippen LogP contribution in [0.4, 0.5) is 0 Å². The number of rotatable bonds is 4. The molecule has 1 N–H and O–H groups in total. The molecule has 0 heterocycles. The van der Waals surface area contributed by atoms with Crippen molar-refractivity contribution in [3.05, 3.63) is 34.9 Å². The van der Waals surface area contributed by atoms with Crippen LogP contribution < -0.4 is 5.32 Å². The lowest BCUT2D eigenvalue weighted by Gasteiger charge is -2.18. The second-order valence-corrected chi connectivity index (χ2v) is 4.73. The van der Waals surface area contributed by atoms with Crippen molar-refractivity contribution in [3.8, 4) is 0 Å². The van der Waals surface area contributed by atoms with Gasteiger partial charge in [0.25, 0.3) is 0 Å². The van der Waals surface area contributed by atoms with Crippen molar-refractivity contribution in [2.75, 3.05) is 0 Å². The number of alkyl halides is 1. The highest BCUT2D eigenvalue weighted by atomic mass is 35.5. The molecule has 2 nitrogen and oxygen atoms in total. The van der Waals surface area contributed by atoms with Crippen molar-refractivity contribution in [3.63, 3.8) is 0 Å². The van der Waals surface area contributed by atoms with Gasteiger partial charge in [0.1, 0.15) is 5.38 Å². The second kappa shape index (κ2) is 6.12. The molecule has 0 saturated carbocycles. The van der Waals surface area contributed by atoms with Crippen LogP contribution in [-0.4, -0.2) is 11.3 Å².